The molecule has 2 rings (SSSR count). The number of aliphatic hydroxyl groups is 2. The molecular formula is C17H19NO5. The fourth-order valence-corrected chi connectivity index (χ4v) is 2.06. The number of hydrogen-bond acceptors (Lipinski definition) is 5. The number of ether oxygens (including phenoxy) is 2. The van der Waals surface area contributed by atoms with Crippen LogP contribution in [0, 0.1) is 0 Å². The van der Waals surface area contributed by atoms with Gasteiger partial charge in [-0.05, 0) is 23.3 Å². The fourth-order valence-electron chi connectivity index (χ4n) is 2.06. The predicted molar refractivity (Wildman–Crippen MR) is 83.9 cm³/mol. The Morgan fingerprint density at radius 2 is 1.83 bits per heavy atom. The molecule has 122 valence electrons. The van der Waals surface area contributed by atoms with E-state index in [-0.39, 0.29) is 0 Å². The van der Waals surface area contributed by atoms with Crippen LogP contribution in [0.4, 0.5) is 0 Å². The highest BCUT2D eigenvalue weighted by Crippen LogP contribution is 2.31. The maximum atomic E-state index is 11.0. The van der Waals surface area contributed by atoms with Crippen LogP contribution >= 0.6 is 0 Å². The maximum absolute atomic E-state index is 11.0. The second-order valence-electron chi connectivity index (χ2n) is 4.98. The van der Waals surface area contributed by atoms with Crippen LogP contribution in [0.15, 0.2) is 48.5 Å². The van der Waals surface area contributed by atoms with Gasteiger partial charge in [0.05, 0.1) is 7.11 Å². The van der Waals surface area contributed by atoms with Crippen molar-refractivity contribution < 1.29 is 24.5 Å². The molecule has 6 nitrogen and oxygen atoms in total. The Bertz CT molecular complexity index is 659. The van der Waals surface area contributed by atoms with E-state index in [1.807, 2.05) is 30.3 Å². The summed E-state index contributed by atoms with van der Waals surface area (Å²) in [4.78, 5) is 11.0. The summed E-state index contributed by atoms with van der Waals surface area (Å²) in [6, 6.07) is 14.3. The fraction of sp³-hybridized carbons (Fsp3) is 0.235. The third-order valence-electron chi connectivity index (χ3n) is 3.36. The molecule has 0 aliphatic carbocycles. The number of hydrogen-bond donors (Lipinski definition) is 3. The first-order chi connectivity index (χ1) is 11.0. The number of primary amides is 1. The van der Waals surface area contributed by atoms with E-state index in [0.29, 0.717) is 23.7 Å². The lowest BCUT2D eigenvalue weighted by atomic mass is 10.0. The number of nitrogens with two attached hydrogens (primary N) is 1. The zero-order chi connectivity index (χ0) is 16.8. The second-order valence-corrected chi connectivity index (χ2v) is 4.98. The Morgan fingerprint density at radius 3 is 2.43 bits per heavy atom. The lowest BCUT2D eigenvalue weighted by Gasteiger charge is -2.17. The van der Waals surface area contributed by atoms with E-state index in [4.69, 9.17) is 15.2 Å². The Kier molecular flexibility index (Phi) is 5.56. The summed E-state index contributed by atoms with van der Waals surface area (Å²) in [7, 11) is 1.46. The van der Waals surface area contributed by atoms with E-state index in [1.54, 1.807) is 12.1 Å². The van der Waals surface area contributed by atoms with Crippen molar-refractivity contribution in [2.75, 3.05) is 7.11 Å². The van der Waals surface area contributed by atoms with Crippen LogP contribution in [0.1, 0.15) is 17.2 Å². The Labute approximate surface area is 134 Å². The zero-order valence-electron chi connectivity index (χ0n) is 12.7. The predicted octanol–water partition coefficient (Wildman–Crippen LogP) is 1.15. The molecule has 2 aromatic rings. The normalized spacial score (nSPS) is 13.2. The highest BCUT2D eigenvalue weighted by atomic mass is 16.5. The maximum Gasteiger partial charge on any atom is 0.249 e. The Balaban J connectivity index is 2.14. The molecule has 0 fully saturated rings. The van der Waals surface area contributed by atoms with Crippen LogP contribution in [0.5, 0.6) is 11.5 Å². The van der Waals surface area contributed by atoms with Crippen LogP contribution in [0.2, 0.25) is 0 Å². The van der Waals surface area contributed by atoms with Crippen molar-refractivity contribution in [3.05, 3.63) is 59.7 Å². The average Bonchev–Trinajstić information content (AvgIpc) is 2.59. The number of aliphatic hydroxyl groups excluding tert-OH is 2. The Hall–Kier alpha value is -2.57. The van der Waals surface area contributed by atoms with Gasteiger partial charge in [-0.3, -0.25) is 4.79 Å². The minimum absolute atomic E-state index is 0.306. The molecule has 0 bridgehead atoms. The van der Waals surface area contributed by atoms with Crippen molar-refractivity contribution in [3.8, 4) is 11.5 Å². The third-order valence-corrected chi connectivity index (χ3v) is 3.36. The largest absolute Gasteiger partial charge is 0.493 e. The molecule has 2 unspecified atom stereocenters. The van der Waals surface area contributed by atoms with E-state index < -0.39 is 18.1 Å². The third kappa shape index (κ3) is 4.21. The number of rotatable bonds is 7. The molecule has 0 aliphatic rings. The highest BCUT2D eigenvalue weighted by Gasteiger charge is 2.24. The molecule has 6 heteroatoms. The molecule has 1 amide bonds. The van der Waals surface area contributed by atoms with Gasteiger partial charge in [-0.15, -0.1) is 0 Å². The minimum Gasteiger partial charge on any atom is -0.493 e. The molecule has 0 heterocycles. The minimum atomic E-state index is -1.68. The summed E-state index contributed by atoms with van der Waals surface area (Å²) in [5, 5.41) is 19.5. The molecule has 0 radical (unpaired) electrons. The molecule has 0 spiro atoms. The van der Waals surface area contributed by atoms with Crippen molar-refractivity contribution in [1.29, 1.82) is 0 Å². The molecular weight excluding hydrogens is 298 g/mol. The summed E-state index contributed by atoms with van der Waals surface area (Å²) < 4.78 is 10.9. The first kappa shape index (κ1) is 16.8. The number of benzene rings is 2. The van der Waals surface area contributed by atoms with Crippen LogP contribution in [0.3, 0.4) is 0 Å². The molecule has 0 aliphatic heterocycles. The number of methoxy groups -OCH3 is 1. The van der Waals surface area contributed by atoms with Gasteiger partial charge in [0.1, 0.15) is 12.7 Å². The molecule has 0 saturated heterocycles. The second kappa shape index (κ2) is 7.62. The van der Waals surface area contributed by atoms with Crippen LogP contribution in [-0.4, -0.2) is 29.3 Å². The van der Waals surface area contributed by atoms with E-state index in [1.165, 1.54) is 13.2 Å². The van der Waals surface area contributed by atoms with E-state index >= 15 is 0 Å². The van der Waals surface area contributed by atoms with Crippen molar-refractivity contribution in [2.24, 2.45) is 5.73 Å². The van der Waals surface area contributed by atoms with Crippen molar-refractivity contribution in [3.63, 3.8) is 0 Å². The van der Waals surface area contributed by atoms with Gasteiger partial charge in [-0.25, -0.2) is 0 Å². The van der Waals surface area contributed by atoms with Gasteiger partial charge in [0.2, 0.25) is 5.91 Å². The van der Waals surface area contributed by atoms with Gasteiger partial charge in [0.15, 0.2) is 17.6 Å². The molecule has 0 aromatic heterocycles. The molecule has 4 N–H and O–H groups in total. The lowest BCUT2D eigenvalue weighted by Crippen LogP contribution is -2.33. The van der Waals surface area contributed by atoms with Gasteiger partial charge in [0.25, 0.3) is 0 Å². The monoisotopic (exact) mass is 317 g/mol. The van der Waals surface area contributed by atoms with E-state index in [2.05, 4.69) is 0 Å². The van der Waals surface area contributed by atoms with Crippen molar-refractivity contribution in [2.45, 2.75) is 18.8 Å². The first-order valence-corrected chi connectivity index (χ1v) is 7.03. The number of amides is 1. The van der Waals surface area contributed by atoms with E-state index in [9.17, 15) is 15.0 Å². The topological polar surface area (TPSA) is 102 Å². The van der Waals surface area contributed by atoms with Gasteiger partial charge >= 0.3 is 0 Å². The number of carbonyl (C=O) groups is 1. The van der Waals surface area contributed by atoms with Crippen molar-refractivity contribution in [1.82, 2.24) is 0 Å². The summed E-state index contributed by atoms with van der Waals surface area (Å²) >= 11 is 0. The highest BCUT2D eigenvalue weighted by molar-refractivity contribution is 5.79. The molecule has 23 heavy (non-hydrogen) atoms. The smallest absolute Gasteiger partial charge is 0.249 e. The van der Waals surface area contributed by atoms with Crippen molar-refractivity contribution >= 4 is 5.91 Å². The quantitative estimate of drug-likeness (QED) is 0.711. The number of carbonyl (C=O) groups excluding carboxylic acids is 1. The van der Waals surface area contributed by atoms with Gasteiger partial charge in [-0.2, -0.15) is 0 Å². The summed E-state index contributed by atoms with van der Waals surface area (Å²) in [5.41, 5.74) is 6.29. The first-order valence-electron chi connectivity index (χ1n) is 7.03. The van der Waals surface area contributed by atoms with Crippen LogP contribution < -0.4 is 15.2 Å². The summed E-state index contributed by atoms with van der Waals surface area (Å²) in [5.74, 6) is -0.129. The van der Waals surface area contributed by atoms with Gasteiger partial charge in [-0.1, -0.05) is 36.4 Å². The standard InChI is InChI=1S/C17H19NO5/c1-22-14-9-12(15(19)16(20)17(18)21)7-8-13(14)23-10-11-5-3-2-4-6-11/h2-9,15-16,19-20H,10H2,1H3,(H2,18,21). The zero-order valence-corrected chi connectivity index (χ0v) is 12.7. The van der Waals surface area contributed by atoms with Crippen LogP contribution in [-0.2, 0) is 11.4 Å². The summed E-state index contributed by atoms with van der Waals surface area (Å²) in [6.45, 7) is 0.364. The van der Waals surface area contributed by atoms with Gasteiger partial charge in [0, 0.05) is 0 Å². The molecule has 2 atom stereocenters. The Morgan fingerprint density at radius 1 is 1.13 bits per heavy atom. The average molecular weight is 317 g/mol. The van der Waals surface area contributed by atoms with E-state index in [0.717, 1.165) is 5.56 Å². The molecule has 0 saturated carbocycles. The SMILES string of the molecule is COc1cc(C(O)C(O)C(N)=O)ccc1OCc1ccccc1. The van der Waals surface area contributed by atoms with Crippen LogP contribution in [0.25, 0.3) is 0 Å². The summed E-state index contributed by atoms with van der Waals surface area (Å²) in [6.07, 6.45) is -3.11. The van der Waals surface area contributed by atoms with Gasteiger partial charge < -0.3 is 25.4 Å². The molecule has 2 aromatic carbocycles. The lowest BCUT2D eigenvalue weighted by molar-refractivity contribution is -0.131.